The topological polar surface area (TPSA) is 86.9 Å². The van der Waals surface area contributed by atoms with Gasteiger partial charge in [-0.1, -0.05) is 23.7 Å². The van der Waals surface area contributed by atoms with Gasteiger partial charge in [0.25, 0.3) is 5.91 Å². The molecule has 2 aromatic carbocycles. The van der Waals surface area contributed by atoms with Gasteiger partial charge in [-0.2, -0.15) is 5.10 Å². The molecule has 2 heterocycles. The van der Waals surface area contributed by atoms with Gasteiger partial charge in [-0.25, -0.2) is 23.1 Å². The largest absolute Gasteiger partial charge is 0.471 e. The van der Waals surface area contributed by atoms with Crippen molar-refractivity contribution in [3.05, 3.63) is 89.0 Å². The predicted octanol–water partition coefficient (Wildman–Crippen LogP) is 3.74. The molecule has 11 heteroatoms. The average Bonchev–Trinajstić information content (AvgIpc) is 3.40. The van der Waals surface area contributed by atoms with Crippen molar-refractivity contribution in [1.29, 1.82) is 0 Å². The fourth-order valence-corrected chi connectivity index (χ4v) is 2.80. The maximum atomic E-state index is 13.2. The molecule has 0 aliphatic carbocycles. The Morgan fingerprint density at radius 2 is 1.87 bits per heavy atom. The van der Waals surface area contributed by atoms with Crippen molar-refractivity contribution in [3.63, 3.8) is 0 Å². The summed E-state index contributed by atoms with van der Waals surface area (Å²) >= 11 is 5.71. The number of halogens is 3. The molecule has 0 spiro atoms. The molecular formula is C20H15ClF2N6O2. The number of hydrogen-bond donors (Lipinski definition) is 1. The van der Waals surface area contributed by atoms with Crippen LogP contribution >= 0.6 is 11.6 Å². The highest BCUT2D eigenvalue weighted by Gasteiger charge is 2.13. The number of rotatable bonds is 7. The molecule has 2 aromatic heterocycles. The molecule has 0 unspecified atom stereocenters. The Morgan fingerprint density at radius 3 is 2.65 bits per heavy atom. The lowest BCUT2D eigenvalue weighted by Gasteiger charge is -2.06. The minimum absolute atomic E-state index is 0.000210. The van der Waals surface area contributed by atoms with E-state index >= 15 is 0 Å². The summed E-state index contributed by atoms with van der Waals surface area (Å²) in [6.07, 6.45) is 3.01. The molecule has 0 fully saturated rings. The van der Waals surface area contributed by atoms with Crippen LogP contribution in [-0.2, 0) is 13.3 Å². The van der Waals surface area contributed by atoms with E-state index in [9.17, 15) is 13.6 Å². The molecule has 0 atom stereocenters. The Kier molecular flexibility index (Phi) is 5.89. The van der Waals surface area contributed by atoms with E-state index in [4.69, 9.17) is 16.3 Å². The summed E-state index contributed by atoms with van der Waals surface area (Å²) in [5.41, 5.74) is 0.973. The highest BCUT2D eigenvalue weighted by Crippen LogP contribution is 2.21. The Morgan fingerprint density at radius 1 is 1.06 bits per heavy atom. The Bertz CT molecular complexity index is 1210. The van der Waals surface area contributed by atoms with Gasteiger partial charge < -0.3 is 4.74 Å². The smallest absolute Gasteiger partial charge is 0.278 e. The third kappa shape index (κ3) is 5.23. The average molecular weight is 445 g/mol. The maximum absolute atomic E-state index is 13.2. The molecule has 0 bridgehead atoms. The Hall–Kier alpha value is -3.79. The first-order valence-electron chi connectivity index (χ1n) is 9.03. The van der Waals surface area contributed by atoms with Gasteiger partial charge in [0.2, 0.25) is 5.95 Å². The van der Waals surface area contributed by atoms with Crippen LogP contribution in [0.15, 0.2) is 61.1 Å². The molecule has 0 saturated carbocycles. The Balaban J connectivity index is 1.33. The molecule has 0 radical (unpaired) electrons. The highest BCUT2D eigenvalue weighted by atomic mass is 35.5. The molecule has 4 rings (SSSR count). The lowest BCUT2D eigenvalue weighted by molar-refractivity contribution is 0.101. The van der Waals surface area contributed by atoms with Gasteiger partial charge in [0.15, 0.2) is 12.4 Å². The first kappa shape index (κ1) is 20.5. The molecule has 158 valence electrons. The summed E-state index contributed by atoms with van der Waals surface area (Å²) < 4.78 is 34.6. The SMILES string of the molecule is O=C(Nc1ncn(Cc2ccc(F)cc2)n1)c1ccn(COc2ccc(F)c(Cl)c2)n1. The normalized spacial score (nSPS) is 10.8. The third-order valence-corrected chi connectivity index (χ3v) is 4.44. The number of carbonyl (C=O) groups is 1. The number of nitrogens with one attached hydrogen (secondary N) is 1. The van der Waals surface area contributed by atoms with Crippen LogP contribution in [0.25, 0.3) is 0 Å². The Labute approximate surface area is 180 Å². The van der Waals surface area contributed by atoms with Crippen molar-refractivity contribution in [2.75, 3.05) is 5.32 Å². The number of anilines is 1. The van der Waals surface area contributed by atoms with Crippen molar-refractivity contribution < 1.29 is 18.3 Å². The quantitative estimate of drug-likeness (QED) is 0.469. The number of nitrogens with zero attached hydrogens (tertiary/aromatic N) is 5. The second-order valence-corrected chi connectivity index (χ2v) is 6.84. The van der Waals surface area contributed by atoms with Gasteiger partial charge in [-0.05, 0) is 35.9 Å². The lowest BCUT2D eigenvalue weighted by Crippen LogP contribution is -2.15. The van der Waals surface area contributed by atoms with Crippen LogP contribution in [0, 0.1) is 11.6 Å². The number of hydrogen-bond acceptors (Lipinski definition) is 5. The zero-order valence-corrected chi connectivity index (χ0v) is 16.6. The van der Waals surface area contributed by atoms with E-state index < -0.39 is 11.7 Å². The second kappa shape index (κ2) is 8.92. The zero-order valence-electron chi connectivity index (χ0n) is 15.9. The number of carbonyl (C=O) groups excluding carboxylic acids is 1. The van der Waals surface area contributed by atoms with Gasteiger partial charge in [-0.15, -0.1) is 5.10 Å². The van der Waals surface area contributed by atoms with Crippen molar-refractivity contribution in [3.8, 4) is 5.75 Å². The fraction of sp³-hybridized carbons (Fsp3) is 0.100. The number of amides is 1. The van der Waals surface area contributed by atoms with Crippen molar-refractivity contribution in [2.24, 2.45) is 0 Å². The van der Waals surface area contributed by atoms with E-state index in [1.807, 2.05) is 0 Å². The van der Waals surface area contributed by atoms with Crippen LogP contribution in [0.4, 0.5) is 14.7 Å². The molecule has 0 aliphatic heterocycles. The summed E-state index contributed by atoms with van der Waals surface area (Å²) in [6.45, 7) is 0.377. The highest BCUT2D eigenvalue weighted by molar-refractivity contribution is 6.30. The van der Waals surface area contributed by atoms with Crippen LogP contribution in [-0.4, -0.2) is 30.5 Å². The molecule has 0 aliphatic rings. The van der Waals surface area contributed by atoms with Crippen LogP contribution in [0.1, 0.15) is 16.1 Å². The van der Waals surface area contributed by atoms with Gasteiger partial charge in [0.05, 0.1) is 11.6 Å². The molecule has 0 saturated heterocycles. The standard InChI is InChI=1S/C20H15ClF2N6O2/c21-16-9-15(5-6-17(16)23)31-12-28-8-7-18(26-28)19(30)25-20-24-11-29(27-20)10-13-1-3-14(22)4-2-13/h1-9,11H,10,12H2,(H,25,27,30). The van der Waals surface area contributed by atoms with Crippen LogP contribution < -0.4 is 10.1 Å². The van der Waals surface area contributed by atoms with Gasteiger partial charge in [-0.3, -0.25) is 10.1 Å². The van der Waals surface area contributed by atoms with Gasteiger partial charge >= 0.3 is 0 Å². The summed E-state index contributed by atoms with van der Waals surface area (Å²) in [6, 6.07) is 11.5. The summed E-state index contributed by atoms with van der Waals surface area (Å²) in [5, 5.41) is 10.8. The zero-order chi connectivity index (χ0) is 21.8. The van der Waals surface area contributed by atoms with E-state index in [0.29, 0.717) is 12.3 Å². The number of ether oxygens (including phenoxy) is 1. The first-order valence-corrected chi connectivity index (χ1v) is 9.40. The van der Waals surface area contributed by atoms with E-state index in [1.165, 1.54) is 52.1 Å². The minimum Gasteiger partial charge on any atom is -0.471 e. The molecule has 1 amide bonds. The minimum atomic E-state index is -0.541. The lowest BCUT2D eigenvalue weighted by atomic mass is 10.2. The summed E-state index contributed by atoms with van der Waals surface area (Å²) in [7, 11) is 0. The van der Waals surface area contributed by atoms with Crippen molar-refractivity contribution >= 4 is 23.5 Å². The fourth-order valence-electron chi connectivity index (χ4n) is 2.63. The van der Waals surface area contributed by atoms with Crippen LogP contribution in [0.5, 0.6) is 5.75 Å². The monoisotopic (exact) mass is 444 g/mol. The predicted molar refractivity (Wildman–Crippen MR) is 108 cm³/mol. The molecule has 8 nitrogen and oxygen atoms in total. The summed E-state index contributed by atoms with van der Waals surface area (Å²) in [4.78, 5) is 16.4. The van der Waals surface area contributed by atoms with E-state index in [1.54, 1.807) is 18.3 Å². The van der Waals surface area contributed by atoms with Gasteiger partial charge in [0, 0.05) is 12.3 Å². The van der Waals surface area contributed by atoms with Crippen molar-refractivity contribution in [1.82, 2.24) is 24.5 Å². The third-order valence-electron chi connectivity index (χ3n) is 4.15. The maximum Gasteiger partial charge on any atom is 0.278 e. The van der Waals surface area contributed by atoms with E-state index in [2.05, 4.69) is 20.5 Å². The molecule has 4 aromatic rings. The van der Waals surface area contributed by atoms with Crippen LogP contribution in [0.3, 0.4) is 0 Å². The molecular weight excluding hydrogens is 430 g/mol. The van der Waals surface area contributed by atoms with Crippen LogP contribution in [0.2, 0.25) is 5.02 Å². The number of aromatic nitrogens is 5. The van der Waals surface area contributed by atoms with E-state index in [-0.39, 0.29) is 29.2 Å². The molecule has 31 heavy (non-hydrogen) atoms. The number of benzene rings is 2. The second-order valence-electron chi connectivity index (χ2n) is 6.44. The van der Waals surface area contributed by atoms with Crippen molar-refractivity contribution in [2.45, 2.75) is 13.3 Å². The summed E-state index contributed by atoms with van der Waals surface area (Å²) in [5.74, 6) is -0.881. The van der Waals surface area contributed by atoms with Gasteiger partial charge in [0.1, 0.15) is 23.7 Å². The van der Waals surface area contributed by atoms with E-state index in [0.717, 1.165) is 5.56 Å². The molecule has 1 N–H and O–H groups in total. The first-order chi connectivity index (χ1) is 15.0.